The molecule has 4 aromatic rings. The average molecular weight is 306 g/mol. The van der Waals surface area contributed by atoms with Crippen LogP contribution in [0.15, 0.2) is 66.0 Å². The predicted octanol–water partition coefficient (Wildman–Crippen LogP) is 6.61. The molecule has 0 saturated carbocycles. The molecular formula is C19H14S2. The molecule has 0 saturated heterocycles. The maximum Gasteiger partial charge on any atom is 0.0527 e. The summed E-state index contributed by atoms with van der Waals surface area (Å²) in [6.07, 6.45) is 0. The van der Waals surface area contributed by atoms with Gasteiger partial charge in [-0.2, -0.15) is 0 Å². The lowest BCUT2D eigenvalue weighted by atomic mass is 10.1. The molecule has 0 atom stereocenters. The standard InChI is InChI=1S/C19H14S2/c1-13-8-10-14(11-9-13)18-15-5-2-3-6-16(15)19(21-18)17-7-4-12-20-17/h2-12H,1H3. The molecule has 0 amide bonds. The highest BCUT2D eigenvalue weighted by atomic mass is 32.1. The molecule has 0 aliphatic carbocycles. The van der Waals surface area contributed by atoms with Crippen LogP contribution in [-0.2, 0) is 0 Å². The molecule has 21 heavy (non-hydrogen) atoms. The molecule has 0 spiro atoms. The zero-order valence-electron chi connectivity index (χ0n) is 11.7. The molecule has 0 nitrogen and oxygen atoms in total. The molecule has 0 radical (unpaired) electrons. The minimum atomic E-state index is 1.30. The van der Waals surface area contributed by atoms with Crippen molar-refractivity contribution in [2.75, 3.05) is 0 Å². The summed E-state index contributed by atoms with van der Waals surface area (Å²) in [5.41, 5.74) is 2.61. The van der Waals surface area contributed by atoms with Crippen molar-refractivity contribution < 1.29 is 0 Å². The Morgan fingerprint density at radius 2 is 1.43 bits per heavy atom. The minimum absolute atomic E-state index is 1.30. The van der Waals surface area contributed by atoms with Crippen molar-refractivity contribution in [3.05, 3.63) is 71.6 Å². The normalized spacial score (nSPS) is 11.1. The molecule has 0 aliphatic heterocycles. The summed E-state index contributed by atoms with van der Waals surface area (Å²) in [5.74, 6) is 0. The van der Waals surface area contributed by atoms with Gasteiger partial charge in [0.05, 0.1) is 4.88 Å². The Hall–Kier alpha value is -1.90. The van der Waals surface area contributed by atoms with Crippen molar-refractivity contribution >= 4 is 33.4 Å². The van der Waals surface area contributed by atoms with E-state index in [-0.39, 0.29) is 0 Å². The van der Waals surface area contributed by atoms with E-state index in [0.29, 0.717) is 0 Å². The molecule has 0 aliphatic rings. The second-order valence-electron chi connectivity index (χ2n) is 5.15. The van der Waals surface area contributed by atoms with Gasteiger partial charge in [0.15, 0.2) is 0 Å². The van der Waals surface area contributed by atoms with E-state index in [9.17, 15) is 0 Å². The topological polar surface area (TPSA) is 0 Å². The first kappa shape index (κ1) is 12.8. The number of benzene rings is 2. The summed E-state index contributed by atoms with van der Waals surface area (Å²) in [5, 5.41) is 4.87. The minimum Gasteiger partial charge on any atom is -0.143 e. The van der Waals surface area contributed by atoms with Gasteiger partial charge >= 0.3 is 0 Å². The molecule has 2 heterocycles. The number of thiophene rings is 2. The number of rotatable bonds is 2. The first-order valence-corrected chi connectivity index (χ1v) is 8.65. The van der Waals surface area contributed by atoms with E-state index in [0.717, 1.165) is 0 Å². The SMILES string of the molecule is Cc1ccc(-c2sc(-c3cccs3)c3ccccc23)cc1. The van der Waals surface area contributed by atoms with Crippen LogP contribution >= 0.6 is 22.7 Å². The highest BCUT2D eigenvalue weighted by molar-refractivity contribution is 7.25. The predicted molar refractivity (Wildman–Crippen MR) is 95.3 cm³/mol. The van der Waals surface area contributed by atoms with Gasteiger partial charge in [-0.25, -0.2) is 0 Å². The lowest BCUT2D eigenvalue weighted by molar-refractivity contribution is 1.48. The van der Waals surface area contributed by atoms with Gasteiger partial charge in [-0.1, -0.05) is 60.2 Å². The Bertz CT molecular complexity index is 881. The third kappa shape index (κ3) is 2.21. The molecule has 2 aromatic heterocycles. The summed E-state index contributed by atoms with van der Waals surface area (Å²) in [4.78, 5) is 4.11. The lowest BCUT2D eigenvalue weighted by Gasteiger charge is -1.99. The van der Waals surface area contributed by atoms with E-state index in [4.69, 9.17) is 0 Å². The summed E-state index contributed by atoms with van der Waals surface area (Å²) in [6, 6.07) is 21.9. The number of hydrogen-bond donors (Lipinski definition) is 0. The fraction of sp³-hybridized carbons (Fsp3) is 0.0526. The Labute approximate surface area is 132 Å². The van der Waals surface area contributed by atoms with Crippen molar-refractivity contribution in [1.82, 2.24) is 0 Å². The highest BCUT2D eigenvalue weighted by Gasteiger charge is 2.14. The van der Waals surface area contributed by atoms with Crippen LogP contribution in [0.25, 0.3) is 31.0 Å². The molecule has 0 N–H and O–H groups in total. The fourth-order valence-electron chi connectivity index (χ4n) is 2.60. The average Bonchev–Trinajstić information content (AvgIpc) is 3.15. The smallest absolute Gasteiger partial charge is 0.0527 e. The van der Waals surface area contributed by atoms with Gasteiger partial charge in [0.25, 0.3) is 0 Å². The largest absolute Gasteiger partial charge is 0.143 e. The van der Waals surface area contributed by atoms with Crippen molar-refractivity contribution in [3.63, 3.8) is 0 Å². The van der Waals surface area contributed by atoms with Crippen LogP contribution in [0, 0.1) is 6.92 Å². The summed E-state index contributed by atoms with van der Waals surface area (Å²) < 4.78 is 0. The van der Waals surface area contributed by atoms with Gasteiger partial charge in [-0.15, -0.1) is 22.7 Å². The Kier molecular flexibility index (Phi) is 3.13. The lowest BCUT2D eigenvalue weighted by Crippen LogP contribution is -1.75. The maximum atomic E-state index is 2.23. The molecule has 2 heteroatoms. The molecule has 4 rings (SSSR count). The first-order valence-electron chi connectivity index (χ1n) is 6.95. The van der Waals surface area contributed by atoms with Gasteiger partial charge in [0.1, 0.15) is 0 Å². The van der Waals surface area contributed by atoms with Gasteiger partial charge in [0.2, 0.25) is 0 Å². The van der Waals surface area contributed by atoms with Gasteiger partial charge in [0, 0.05) is 20.5 Å². The third-order valence-corrected chi connectivity index (χ3v) is 6.00. The Morgan fingerprint density at radius 1 is 0.714 bits per heavy atom. The van der Waals surface area contributed by atoms with Crippen LogP contribution in [0.4, 0.5) is 0 Å². The first-order chi connectivity index (χ1) is 10.3. The van der Waals surface area contributed by atoms with E-state index in [1.54, 1.807) is 0 Å². The van der Waals surface area contributed by atoms with Gasteiger partial charge in [-0.05, 0) is 23.9 Å². The second-order valence-corrected chi connectivity index (χ2v) is 7.12. The number of aryl methyl sites for hydroxylation is 1. The maximum absolute atomic E-state index is 2.23. The zero-order chi connectivity index (χ0) is 14.2. The van der Waals surface area contributed by atoms with Crippen LogP contribution < -0.4 is 0 Å². The number of hydrogen-bond acceptors (Lipinski definition) is 2. The summed E-state index contributed by atoms with van der Waals surface area (Å²) in [6.45, 7) is 2.13. The number of fused-ring (bicyclic) bond motifs is 1. The molecule has 0 unspecified atom stereocenters. The van der Waals surface area contributed by atoms with E-state index in [2.05, 4.69) is 73.0 Å². The van der Waals surface area contributed by atoms with Crippen LogP contribution in [0.2, 0.25) is 0 Å². The van der Waals surface area contributed by atoms with E-state index < -0.39 is 0 Å². The third-order valence-electron chi connectivity index (χ3n) is 3.68. The van der Waals surface area contributed by atoms with Crippen LogP contribution in [0.3, 0.4) is 0 Å². The van der Waals surface area contributed by atoms with Gasteiger partial charge < -0.3 is 0 Å². The quantitative estimate of drug-likeness (QED) is 0.391. The van der Waals surface area contributed by atoms with E-state index >= 15 is 0 Å². The van der Waals surface area contributed by atoms with Crippen LogP contribution in [-0.4, -0.2) is 0 Å². The van der Waals surface area contributed by atoms with Crippen molar-refractivity contribution in [2.24, 2.45) is 0 Å². The van der Waals surface area contributed by atoms with E-state index in [1.807, 2.05) is 22.7 Å². The van der Waals surface area contributed by atoms with Crippen LogP contribution in [0.1, 0.15) is 5.56 Å². The second kappa shape index (κ2) is 5.14. The fourth-order valence-corrected chi connectivity index (χ4v) is 4.75. The Morgan fingerprint density at radius 3 is 2.10 bits per heavy atom. The summed E-state index contributed by atoms with van der Waals surface area (Å²) >= 11 is 3.71. The molecule has 2 aromatic carbocycles. The monoisotopic (exact) mass is 306 g/mol. The highest BCUT2D eigenvalue weighted by Crippen LogP contribution is 2.45. The molecule has 102 valence electrons. The van der Waals surface area contributed by atoms with Crippen molar-refractivity contribution in [1.29, 1.82) is 0 Å². The Balaban J connectivity index is 2.00. The van der Waals surface area contributed by atoms with Crippen LogP contribution in [0.5, 0.6) is 0 Å². The zero-order valence-corrected chi connectivity index (χ0v) is 13.3. The van der Waals surface area contributed by atoms with E-state index in [1.165, 1.54) is 36.5 Å². The molecular weight excluding hydrogens is 292 g/mol. The molecule has 0 bridgehead atoms. The van der Waals surface area contributed by atoms with Gasteiger partial charge in [-0.3, -0.25) is 0 Å². The molecule has 0 fully saturated rings. The summed E-state index contributed by atoms with van der Waals surface area (Å²) in [7, 11) is 0. The van der Waals surface area contributed by atoms with Crippen molar-refractivity contribution in [3.8, 4) is 20.2 Å². The van der Waals surface area contributed by atoms with Crippen molar-refractivity contribution in [2.45, 2.75) is 6.92 Å².